The summed E-state index contributed by atoms with van der Waals surface area (Å²) >= 11 is 1.53. The van der Waals surface area contributed by atoms with Gasteiger partial charge in [0.2, 0.25) is 0 Å². The Labute approximate surface area is 135 Å². The van der Waals surface area contributed by atoms with Gasteiger partial charge in [-0.05, 0) is 49.2 Å². The van der Waals surface area contributed by atoms with Crippen LogP contribution < -0.4 is 10.1 Å². The van der Waals surface area contributed by atoms with E-state index in [9.17, 15) is 0 Å². The molecule has 1 heterocycles. The topological polar surface area (TPSA) is 34.1 Å². The van der Waals surface area contributed by atoms with E-state index in [1.54, 1.807) is 0 Å². The van der Waals surface area contributed by atoms with Crippen LogP contribution in [-0.4, -0.2) is 18.0 Å². The molecular formula is C18H20N2OS. The molecule has 1 N–H and O–H groups in total. The molecule has 0 bridgehead atoms. The zero-order valence-electron chi connectivity index (χ0n) is 12.9. The molecule has 2 aromatic carbocycles. The molecule has 0 spiro atoms. The monoisotopic (exact) mass is 312 g/mol. The van der Waals surface area contributed by atoms with Gasteiger partial charge >= 0.3 is 0 Å². The zero-order valence-corrected chi connectivity index (χ0v) is 13.7. The van der Waals surface area contributed by atoms with Crippen molar-refractivity contribution in [2.45, 2.75) is 19.4 Å². The van der Waals surface area contributed by atoms with Gasteiger partial charge in [0, 0.05) is 6.42 Å². The number of ether oxygens (including phenoxy) is 1. The smallest absolute Gasteiger partial charge is 0.130 e. The zero-order chi connectivity index (χ0) is 15.4. The van der Waals surface area contributed by atoms with Crippen molar-refractivity contribution in [3.05, 3.63) is 59.8 Å². The van der Waals surface area contributed by atoms with Crippen LogP contribution in [-0.2, 0) is 0 Å². The number of benzene rings is 2. The summed E-state index contributed by atoms with van der Waals surface area (Å²) in [5.74, 6) is 0.916. The van der Waals surface area contributed by atoms with Gasteiger partial charge in [0.05, 0.1) is 16.3 Å². The largest absolute Gasteiger partial charge is 0.485 e. The third-order valence-electron chi connectivity index (χ3n) is 3.78. The predicted molar refractivity (Wildman–Crippen MR) is 92.7 cm³/mol. The van der Waals surface area contributed by atoms with Crippen LogP contribution in [0.25, 0.3) is 10.1 Å². The van der Waals surface area contributed by atoms with Crippen molar-refractivity contribution in [2.24, 2.45) is 0 Å². The number of nitrogens with zero attached hydrogens (tertiary/aromatic N) is 1. The summed E-state index contributed by atoms with van der Waals surface area (Å²) in [4.78, 5) is 0. The summed E-state index contributed by atoms with van der Waals surface area (Å²) in [5, 5.41) is 4.31. The Kier molecular flexibility index (Phi) is 4.71. The Morgan fingerprint density at radius 3 is 2.77 bits per heavy atom. The molecule has 0 saturated carbocycles. The molecule has 0 amide bonds. The Morgan fingerprint density at radius 1 is 1.18 bits per heavy atom. The maximum absolute atomic E-state index is 6.36. The highest BCUT2D eigenvalue weighted by atomic mass is 32.1. The molecular weight excluding hydrogens is 292 g/mol. The molecule has 0 aliphatic heterocycles. The number of rotatable bonds is 6. The lowest BCUT2D eigenvalue weighted by atomic mass is 10.1. The number of hydrogen-bond donors (Lipinski definition) is 1. The summed E-state index contributed by atoms with van der Waals surface area (Å²) in [5.41, 5.74) is 2.45. The SMILES string of the molecule is CNCC[C@H](Oc1ccc(C)c2sncc12)c1ccccc1. The first-order valence-electron chi connectivity index (χ1n) is 7.50. The first-order chi connectivity index (χ1) is 10.8. The fraction of sp³-hybridized carbons (Fsp3) is 0.278. The Bertz CT molecular complexity index is 739. The number of nitrogens with one attached hydrogen (secondary N) is 1. The van der Waals surface area contributed by atoms with E-state index >= 15 is 0 Å². The number of fused-ring (bicyclic) bond motifs is 1. The molecule has 1 aromatic heterocycles. The molecule has 3 aromatic rings. The van der Waals surface area contributed by atoms with Crippen LogP contribution in [0.1, 0.15) is 23.7 Å². The molecule has 0 aliphatic carbocycles. The quantitative estimate of drug-likeness (QED) is 0.735. The maximum Gasteiger partial charge on any atom is 0.130 e. The summed E-state index contributed by atoms with van der Waals surface area (Å²) in [7, 11) is 1.97. The van der Waals surface area contributed by atoms with E-state index in [2.05, 4.69) is 53.0 Å². The molecule has 0 unspecified atom stereocenters. The summed E-state index contributed by atoms with van der Waals surface area (Å²) < 4.78 is 11.9. The van der Waals surface area contributed by atoms with Crippen molar-refractivity contribution in [1.82, 2.24) is 9.69 Å². The van der Waals surface area contributed by atoms with Gasteiger partial charge in [0.15, 0.2) is 0 Å². The van der Waals surface area contributed by atoms with Crippen LogP contribution in [0.4, 0.5) is 0 Å². The third kappa shape index (κ3) is 3.13. The standard InChI is InChI=1S/C18H20N2OS/c1-13-8-9-17(15-12-20-22-18(13)15)21-16(10-11-19-2)14-6-4-3-5-7-14/h3-9,12,16,19H,10-11H2,1-2H3/t16-/m0/s1. The molecule has 0 radical (unpaired) electrons. The van der Waals surface area contributed by atoms with Gasteiger partial charge < -0.3 is 10.1 Å². The molecule has 0 aliphatic rings. The van der Waals surface area contributed by atoms with Crippen LogP contribution in [0.15, 0.2) is 48.7 Å². The van der Waals surface area contributed by atoms with E-state index in [1.165, 1.54) is 27.4 Å². The average Bonchev–Trinajstić information content (AvgIpc) is 3.05. The van der Waals surface area contributed by atoms with E-state index in [1.807, 2.05) is 19.3 Å². The van der Waals surface area contributed by atoms with E-state index < -0.39 is 0 Å². The van der Waals surface area contributed by atoms with Crippen LogP contribution in [0.5, 0.6) is 5.75 Å². The van der Waals surface area contributed by atoms with Crippen LogP contribution in [0.3, 0.4) is 0 Å². The van der Waals surface area contributed by atoms with Crippen LogP contribution in [0.2, 0.25) is 0 Å². The second-order valence-electron chi connectivity index (χ2n) is 5.36. The minimum absolute atomic E-state index is 0.0412. The molecule has 0 saturated heterocycles. The summed E-state index contributed by atoms with van der Waals surface area (Å²) in [6.07, 6.45) is 2.87. The van der Waals surface area contributed by atoms with E-state index in [4.69, 9.17) is 4.74 Å². The highest BCUT2D eigenvalue weighted by Crippen LogP contribution is 2.34. The molecule has 3 nitrogen and oxygen atoms in total. The van der Waals surface area contributed by atoms with Crippen molar-refractivity contribution in [3.8, 4) is 5.75 Å². The Morgan fingerprint density at radius 2 is 2.00 bits per heavy atom. The predicted octanol–water partition coefficient (Wildman–Crippen LogP) is 4.33. The van der Waals surface area contributed by atoms with Crippen molar-refractivity contribution >= 4 is 21.6 Å². The summed E-state index contributed by atoms with van der Waals surface area (Å²) in [6, 6.07) is 14.6. The molecule has 1 atom stereocenters. The van der Waals surface area contributed by atoms with Gasteiger partial charge in [-0.2, -0.15) is 4.37 Å². The summed E-state index contributed by atoms with van der Waals surface area (Å²) in [6.45, 7) is 3.02. The number of aromatic nitrogens is 1. The first-order valence-corrected chi connectivity index (χ1v) is 8.27. The third-order valence-corrected chi connectivity index (χ3v) is 4.71. The van der Waals surface area contributed by atoms with Crippen LogP contribution in [0, 0.1) is 6.92 Å². The van der Waals surface area contributed by atoms with E-state index in [0.717, 1.165) is 24.1 Å². The fourth-order valence-corrected chi connectivity index (χ4v) is 3.29. The highest BCUT2D eigenvalue weighted by Gasteiger charge is 2.15. The normalized spacial score (nSPS) is 12.5. The Balaban J connectivity index is 1.92. The van der Waals surface area contributed by atoms with E-state index in [-0.39, 0.29) is 6.10 Å². The highest BCUT2D eigenvalue weighted by molar-refractivity contribution is 7.13. The van der Waals surface area contributed by atoms with Gasteiger partial charge in [0.25, 0.3) is 0 Å². The maximum atomic E-state index is 6.36. The van der Waals surface area contributed by atoms with Crippen molar-refractivity contribution in [3.63, 3.8) is 0 Å². The fourth-order valence-electron chi connectivity index (χ4n) is 2.56. The lowest BCUT2D eigenvalue weighted by Crippen LogP contribution is -2.16. The van der Waals surface area contributed by atoms with Crippen molar-refractivity contribution in [2.75, 3.05) is 13.6 Å². The van der Waals surface area contributed by atoms with Gasteiger partial charge in [-0.15, -0.1) is 0 Å². The van der Waals surface area contributed by atoms with Gasteiger partial charge in [-0.25, -0.2) is 0 Å². The number of hydrogen-bond acceptors (Lipinski definition) is 4. The van der Waals surface area contributed by atoms with E-state index in [0.29, 0.717) is 0 Å². The second kappa shape index (κ2) is 6.90. The molecule has 4 heteroatoms. The van der Waals surface area contributed by atoms with Gasteiger partial charge in [-0.1, -0.05) is 36.4 Å². The molecule has 114 valence electrons. The minimum atomic E-state index is 0.0412. The van der Waals surface area contributed by atoms with Crippen molar-refractivity contribution < 1.29 is 4.74 Å². The first kappa shape index (κ1) is 15.0. The molecule has 0 fully saturated rings. The van der Waals surface area contributed by atoms with Crippen molar-refractivity contribution in [1.29, 1.82) is 0 Å². The second-order valence-corrected chi connectivity index (χ2v) is 6.16. The van der Waals surface area contributed by atoms with Crippen LogP contribution >= 0.6 is 11.5 Å². The minimum Gasteiger partial charge on any atom is -0.485 e. The molecule has 3 rings (SSSR count). The molecule has 22 heavy (non-hydrogen) atoms. The van der Waals surface area contributed by atoms with Gasteiger partial charge in [-0.3, -0.25) is 0 Å². The number of aryl methyl sites for hydroxylation is 1. The average molecular weight is 312 g/mol. The lowest BCUT2D eigenvalue weighted by Gasteiger charge is -2.20. The lowest BCUT2D eigenvalue weighted by molar-refractivity contribution is 0.197. The van der Waals surface area contributed by atoms with Gasteiger partial charge in [0.1, 0.15) is 11.9 Å². The Hall–Kier alpha value is -1.91.